The van der Waals surface area contributed by atoms with E-state index in [1.165, 1.54) is 0 Å². The fourth-order valence-corrected chi connectivity index (χ4v) is 2.67. The Balaban J connectivity index is 1.99. The number of carboxylic acid groups (broad SMARTS) is 1. The number of likely N-dealkylation sites (tertiary alicyclic amines) is 1. The van der Waals surface area contributed by atoms with E-state index in [0.29, 0.717) is 6.54 Å². The smallest absolute Gasteiger partial charge is 0.307 e. The van der Waals surface area contributed by atoms with Crippen LogP contribution in [0, 0.1) is 5.92 Å². The molecule has 82 valence electrons. The average molecular weight is 226 g/mol. The largest absolute Gasteiger partial charge is 0.481 e. The highest BCUT2D eigenvalue weighted by atomic mass is 32.1. The van der Waals surface area contributed by atoms with E-state index in [0.717, 1.165) is 18.0 Å². The molecule has 1 aromatic rings. The summed E-state index contributed by atoms with van der Waals surface area (Å²) in [7, 11) is 0. The van der Waals surface area contributed by atoms with Crippen molar-refractivity contribution in [3.63, 3.8) is 0 Å². The van der Waals surface area contributed by atoms with Gasteiger partial charge in [0.15, 0.2) is 0 Å². The van der Waals surface area contributed by atoms with Gasteiger partial charge in [0.05, 0.1) is 12.0 Å². The van der Waals surface area contributed by atoms with Gasteiger partial charge in [-0.25, -0.2) is 4.98 Å². The van der Waals surface area contributed by atoms with Crippen LogP contribution in [0.15, 0.2) is 11.6 Å². The molecule has 2 atom stereocenters. The minimum Gasteiger partial charge on any atom is -0.481 e. The molecule has 1 aliphatic heterocycles. The van der Waals surface area contributed by atoms with Gasteiger partial charge in [0.25, 0.3) is 0 Å². The summed E-state index contributed by atoms with van der Waals surface area (Å²) in [5.74, 6) is -0.878. The molecule has 2 rings (SSSR count). The van der Waals surface area contributed by atoms with Gasteiger partial charge in [-0.05, 0) is 19.9 Å². The molecule has 4 nitrogen and oxygen atoms in total. The van der Waals surface area contributed by atoms with E-state index in [-0.39, 0.29) is 12.0 Å². The van der Waals surface area contributed by atoms with Gasteiger partial charge in [0.1, 0.15) is 5.01 Å². The lowest BCUT2D eigenvalue weighted by Gasteiger charge is -2.21. The first-order chi connectivity index (χ1) is 7.18. The van der Waals surface area contributed by atoms with E-state index in [9.17, 15) is 4.79 Å². The molecule has 2 unspecified atom stereocenters. The molecule has 0 aromatic carbocycles. The SMILES string of the molecule is CC(c1nccs1)N1CCC(C(=O)O)C1. The Bertz CT molecular complexity index is 339. The zero-order valence-electron chi connectivity index (χ0n) is 8.59. The Morgan fingerprint density at radius 2 is 2.60 bits per heavy atom. The molecular formula is C10H14N2O2S. The Labute approximate surface area is 92.6 Å². The van der Waals surface area contributed by atoms with E-state index in [2.05, 4.69) is 16.8 Å². The summed E-state index contributed by atoms with van der Waals surface area (Å²) in [6.45, 7) is 3.59. The summed E-state index contributed by atoms with van der Waals surface area (Å²) in [6, 6.07) is 0.245. The van der Waals surface area contributed by atoms with Gasteiger partial charge >= 0.3 is 5.97 Å². The Morgan fingerprint density at radius 3 is 3.13 bits per heavy atom. The van der Waals surface area contributed by atoms with Gasteiger partial charge in [-0.15, -0.1) is 11.3 Å². The molecule has 5 heteroatoms. The molecule has 0 amide bonds. The summed E-state index contributed by atoms with van der Waals surface area (Å²) < 4.78 is 0. The minimum absolute atomic E-state index is 0.201. The molecule has 0 aliphatic carbocycles. The quantitative estimate of drug-likeness (QED) is 0.850. The van der Waals surface area contributed by atoms with Crippen LogP contribution in [0.25, 0.3) is 0 Å². The topological polar surface area (TPSA) is 53.4 Å². The van der Waals surface area contributed by atoms with Crippen molar-refractivity contribution < 1.29 is 9.90 Å². The zero-order chi connectivity index (χ0) is 10.8. The number of hydrogen-bond acceptors (Lipinski definition) is 4. The first-order valence-electron chi connectivity index (χ1n) is 5.04. The predicted octanol–water partition coefficient (Wildman–Crippen LogP) is 1.61. The lowest BCUT2D eigenvalue weighted by atomic mass is 10.1. The molecule has 1 N–H and O–H groups in total. The average Bonchev–Trinajstić information content (AvgIpc) is 2.88. The first kappa shape index (κ1) is 10.6. The third-order valence-electron chi connectivity index (χ3n) is 2.93. The number of rotatable bonds is 3. The van der Waals surface area contributed by atoms with Gasteiger partial charge in [-0.2, -0.15) is 0 Å². The molecule has 15 heavy (non-hydrogen) atoms. The summed E-state index contributed by atoms with van der Waals surface area (Å²) in [4.78, 5) is 17.3. The van der Waals surface area contributed by atoms with Crippen LogP contribution in [-0.4, -0.2) is 34.0 Å². The van der Waals surface area contributed by atoms with Gasteiger partial charge in [-0.3, -0.25) is 9.69 Å². The highest BCUT2D eigenvalue weighted by Crippen LogP contribution is 2.28. The number of aromatic nitrogens is 1. The van der Waals surface area contributed by atoms with Gasteiger partial charge in [-0.1, -0.05) is 0 Å². The fraction of sp³-hybridized carbons (Fsp3) is 0.600. The van der Waals surface area contributed by atoms with Crippen LogP contribution in [0.3, 0.4) is 0 Å². The van der Waals surface area contributed by atoms with Crippen LogP contribution in [0.1, 0.15) is 24.4 Å². The van der Waals surface area contributed by atoms with Crippen LogP contribution >= 0.6 is 11.3 Å². The molecular weight excluding hydrogens is 212 g/mol. The standard InChI is InChI=1S/C10H14N2O2S/c1-7(9-11-3-5-15-9)12-4-2-8(6-12)10(13)14/h3,5,7-8H,2,4,6H2,1H3,(H,13,14). The van der Waals surface area contributed by atoms with Gasteiger partial charge in [0, 0.05) is 18.1 Å². The Hall–Kier alpha value is -0.940. The fourth-order valence-electron chi connectivity index (χ4n) is 1.94. The maximum Gasteiger partial charge on any atom is 0.307 e. The summed E-state index contributed by atoms with van der Waals surface area (Å²) in [6.07, 6.45) is 2.55. The number of carbonyl (C=O) groups is 1. The maximum atomic E-state index is 10.8. The second kappa shape index (κ2) is 4.28. The van der Waals surface area contributed by atoms with Crippen LogP contribution in [0.4, 0.5) is 0 Å². The van der Waals surface area contributed by atoms with Crippen molar-refractivity contribution in [1.82, 2.24) is 9.88 Å². The molecule has 1 fully saturated rings. The Kier molecular flexibility index (Phi) is 3.02. The van der Waals surface area contributed by atoms with E-state index in [4.69, 9.17) is 5.11 Å². The zero-order valence-corrected chi connectivity index (χ0v) is 9.41. The summed E-state index contributed by atoms with van der Waals surface area (Å²) in [5.41, 5.74) is 0. The molecule has 2 heterocycles. The van der Waals surface area contributed by atoms with Crippen molar-refractivity contribution in [1.29, 1.82) is 0 Å². The van der Waals surface area contributed by atoms with Crippen LogP contribution < -0.4 is 0 Å². The minimum atomic E-state index is -0.677. The number of nitrogens with zero attached hydrogens (tertiary/aromatic N) is 2. The van der Waals surface area contributed by atoms with Crippen LogP contribution in [-0.2, 0) is 4.79 Å². The molecule has 1 aromatic heterocycles. The highest BCUT2D eigenvalue weighted by Gasteiger charge is 2.31. The normalized spacial score (nSPS) is 24.2. The number of aliphatic carboxylic acids is 1. The van der Waals surface area contributed by atoms with E-state index < -0.39 is 5.97 Å². The lowest BCUT2D eigenvalue weighted by Crippen LogP contribution is -2.26. The Morgan fingerprint density at radius 1 is 1.80 bits per heavy atom. The molecule has 0 saturated carbocycles. The summed E-state index contributed by atoms with van der Waals surface area (Å²) >= 11 is 1.63. The highest BCUT2D eigenvalue weighted by molar-refractivity contribution is 7.09. The molecule has 0 radical (unpaired) electrons. The van der Waals surface area contributed by atoms with Gasteiger partial charge < -0.3 is 5.11 Å². The van der Waals surface area contributed by atoms with Crippen molar-refractivity contribution in [3.05, 3.63) is 16.6 Å². The molecule has 0 spiro atoms. The van der Waals surface area contributed by atoms with Crippen LogP contribution in [0.2, 0.25) is 0 Å². The second-order valence-corrected chi connectivity index (χ2v) is 4.79. The first-order valence-corrected chi connectivity index (χ1v) is 5.92. The van der Waals surface area contributed by atoms with Crippen molar-refractivity contribution in [2.45, 2.75) is 19.4 Å². The van der Waals surface area contributed by atoms with E-state index >= 15 is 0 Å². The van der Waals surface area contributed by atoms with Crippen molar-refractivity contribution in [2.75, 3.05) is 13.1 Å². The van der Waals surface area contributed by atoms with Crippen LogP contribution in [0.5, 0.6) is 0 Å². The number of hydrogen-bond donors (Lipinski definition) is 1. The van der Waals surface area contributed by atoms with Crippen molar-refractivity contribution in [2.24, 2.45) is 5.92 Å². The summed E-state index contributed by atoms with van der Waals surface area (Å²) in [5, 5.41) is 11.9. The molecule has 0 bridgehead atoms. The predicted molar refractivity (Wildman–Crippen MR) is 57.8 cm³/mol. The van der Waals surface area contributed by atoms with Gasteiger partial charge in [0.2, 0.25) is 0 Å². The maximum absolute atomic E-state index is 10.8. The van der Waals surface area contributed by atoms with E-state index in [1.54, 1.807) is 17.5 Å². The van der Waals surface area contributed by atoms with Crippen molar-refractivity contribution >= 4 is 17.3 Å². The molecule has 1 saturated heterocycles. The lowest BCUT2D eigenvalue weighted by molar-refractivity contribution is -0.141. The number of thiazole rings is 1. The van der Waals surface area contributed by atoms with E-state index in [1.807, 2.05) is 5.38 Å². The second-order valence-electron chi connectivity index (χ2n) is 3.87. The third kappa shape index (κ3) is 2.18. The monoisotopic (exact) mass is 226 g/mol. The van der Waals surface area contributed by atoms with Crippen molar-refractivity contribution in [3.8, 4) is 0 Å². The number of carboxylic acids is 1. The molecule has 1 aliphatic rings. The third-order valence-corrected chi connectivity index (χ3v) is 3.87.